The van der Waals surface area contributed by atoms with Crippen molar-refractivity contribution in [3.05, 3.63) is 35.8 Å². The van der Waals surface area contributed by atoms with Gasteiger partial charge < -0.3 is 15.0 Å². The minimum Gasteiger partial charge on any atom is -0.326 e. The van der Waals surface area contributed by atoms with Crippen molar-refractivity contribution in [3.63, 3.8) is 0 Å². The van der Waals surface area contributed by atoms with Gasteiger partial charge in [0, 0.05) is 37.5 Å². The number of nitrogens with zero attached hydrogens (tertiary/aromatic N) is 3. The first-order valence-corrected chi connectivity index (χ1v) is 6.75. The highest BCUT2D eigenvalue weighted by molar-refractivity contribution is 5.48. The molecule has 4 heteroatoms. The molecule has 2 aromatic rings. The van der Waals surface area contributed by atoms with E-state index in [0.717, 1.165) is 24.2 Å². The lowest BCUT2D eigenvalue weighted by Crippen LogP contribution is -2.21. The summed E-state index contributed by atoms with van der Waals surface area (Å²) in [7, 11) is 0. The van der Waals surface area contributed by atoms with Crippen LogP contribution in [0.2, 0.25) is 0 Å². The smallest absolute Gasteiger partial charge is 0.141 e. The van der Waals surface area contributed by atoms with Crippen molar-refractivity contribution in [1.29, 1.82) is 0 Å². The van der Waals surface area contributed by atoms with Gasteiger partial charge in [-0.15, -0.1) is 0 Å². The molecule has 0 saturated carbocycles. The Morgan fingerprint density at radius 2 is 2.11 bits per heavy atom. The zero-order chi connectivity index (χ0) is 12.4. The Morgan fingerprint density at radius 1 is 1.28 bits per heavy atom. The number of pyridine rings is 1. The molecule has 2 aromatic heterocycles. The molecule has 0 bridgehead atoms. The Kier molecular flexibility index (Phi) is 3.30. The maximum Gasteiger partial charge on any atom is 0.141 e. The molecule has 2 N–H and O–H groups in total. The number of aromatic nitrogens is 2. The van der Waals surface area contributed by atoms with E-state index in [1.54, 1.807) is 0 Å². The van der Waals surface area contributed by atoms with Gasteiger partial charge in [-0.25, -0.2) is 4.98 Å². The van der Waals surface area contributed by atoms with Gasteiger partial charge in [-0.05, 0) is 32.0 Å². The number of hydrogen-bond donors (Lipinski definition) is 1. The second-order valence-corrected chi connectivity index (χ2v) is 5.00. The minimum atomic E-state index is 0.549. The average molecular weight is 244 g/mol. The first kappa shape index (κ1) is 11.7. The Hall–Kier alpha value is -1.39. The third-order valence-corrected chi connectivity index (χ3v) is 3.72. The van der Waals surface area contributed by atoms with E-state index in [4.69, 9.17) is 10.7 Å². The quantitative estimate of drug-likeness (QED) is 0.885. The molecule has 1 saturated heterocycles. The molecule has 0 atom stereocenters. The summed E-state index contributed by atoms with van der Waals surface area (Å²) in [5.74, 6) is 0. The van der Waals surface area contributed by atoms with Gasteiger partial charge in [0.05, 0.1) is 5.69 Å². The Bertz CT molecular complexity index is 526. The van der Waals surface area contributed by atoms with E-state index in [1.807, 2.05) is 18.3 Å². The number of hydrogen-bond acceptors (Lipinski definition) is 3. The van der Waals surface area contributed by atoms with Gasteiger partial charge in [0.1, 0.15) is 5.65 Å². The molecule has 0 unspecified atom stereocenters. The fraction of sp³-hybridized carbons (Fsp3) is 0.500. The van der Waals surface area contributed by atoms with Gasteiger partial charge in [0.15, 0.2) is 0 Å². The third-order valence-electron chi connectivity index (χ3n) is 3.72. The fourth-order valence-electron chi connectivity index (χ4n) is 2.68. The van der Waals surface area contributed by atoms with E-state index in [2.05, 4.69) is 15.5 Å². The lowest BCUT2D eigenvalue weighted by Gasteiger charge is -2.12. The molecule has 0 amide bonds. The van der Waals surface area contributed by atoms with Crippen LogP contribution < -0.4 is 5.73 Å². The highest BCUT2D eigenvalue weighted by atomic mass is 15.1. The van der Waals surface area contributed by atoms with Gasteiger partial charge in [0.25, 0.3) is 0 Å². The fourth-order valence-corrected chi connectivity index (χ4v) is 2.68. The van der Waals surface area contributed by atoms with E-state index in [9.17, 15) is 0 Å². The van der Waals surface area contributed by atoms with Crippen LogP contribution in [0.3, 0.4) is 0 Å². The second kappa shape index (κ2) is 5.08. The molecular weight excluding hydrogens is 224 g/mol. The summed E-state index contributed by atoms with van der Waals surface area (Å²) in [6.07, 6.45) is 7.90. The van der Waals surface area contributed by atoms with Crippen molar-refractivity contribution < 1.29 is 0 Å². The molecule has 18 heavy (non-hydrogen) atoms. The highest BCUT2D eigenvalue weighted by Crippen LogP contribution is 2.13. The van der Waals surface area contributed by atoms with Gasteiger partial charge in [-0.1, -0.05) is 6.07 Å². The molecule has 96 valence electrons. The predicted octanol–water partition coefficient (Wildman–Crippen LogP) is 1.43. The van der Waals surface area contributed by atoms with Crippen molar-refractivity contribution in [2.75, 3.05) is 19.6 Å². The first-order chi connectivity index (χ1) is 8.86. The Morgan fingerprint density at radius 3 is 2.89 bits per heavy atom. The summed E-state index contributed by atoms with van der Waals surface area (Å²) in [5, 5.41) is 0. The van der Waals surface area contributed by atoms with E-state index < -0.39 is 0 Å². The number of nitrogens with two attached hydrogens (primary N) is 1. The van der Waals surface area contributed by atoms with Crippen LogP contribution in [0.15, 0.2) is 24.5 Å². The lowest BCUT2D eigenvalue weighted by molar-refractivity contribution is 0.342. The maximum atomic E-state index is 5.74. The number of fused-ring (bicyclic) bond motifs is 1. The molecule has 4 nitrogen and oxygen atoms in total. The SMILES string of the molecule is NCc1cccn2cc(CCN3CCCC3)nc12. The number of likely N-dealkylation sites (tertiary alicyclic amines) is 1. The highest BCUT2D eigenvalue weighted by Gasteiger charge is 2.12. The molecule has 0 radical (unpaired) electrons. The van der Waals surface area contributed by atoms with Crippen LogP contribution in [0.25, 0.3) is 5.65 Å². The summed E-state index contributed by atoms with van der Waals surface area (Å²) >= 11 is 0. The molecule has 1 fully saturated rings. The normalized spacial score (nSPS) is 16.7. The minimum absolute atomic E-state index is 0.549. The Balaban J connectivity index is 1.76. The maximum absolute atomic E-state index is 5.74. The monoisotopic (exact) mass is 244 g/mol. The van der Waals surface area contributed by atoms with Crippen LogP contribution >= 0.6 is 0 Å². The summed E-state index contributed by atoms with van der Waals surface area (Å²) in [6.45, 7) is 4.18. The van der Waals surface area contributed by atoms with Crippen LogP contribution in [-0.4, -0.2) is 33.9 Å². The van der Waals surface area contributed by atoms with Crippen molar-refractivity contribution in [1.82, 2.24) is 14.3 Å². The van der Waals surface area contributed by atoms with Crippen LogP contribution in [-0.2, 0) is 13.0 Å². The van der Waals surface area contributed by atoms with Crippen LogP contribution in [0.1, 0.15) is 24.1 Å². The molecule has 0 spiro atoms. The molecule has 3 heterocycles. The van der Waals surface area contributed by atoms with Crippen molar-refractivity contribution in [2.24, 2.45) is 5.73 Å². The molecule has 0 aromatic carbocycles. The van der Waals surface area contributed by atoms with E-state index in [-0.39, 0.29) is 0 Å². The standard InChI is InChI=1S/C14H20N4/c15-10-12-4-3-8-18-11-13(16-14(12)18)5-9-17-6-1-2-7-17/h3-4,8,11H,1-2,5-7,9-10,15H2. The van der Waals surface area contributed by atoms with Crippen LogP contribution in [0, 0.1) is 0 Å². The molecule has 3 rings (SSSR count). The Labute approximate surface area is 107 Å². The summed E-state index contributed by atoms with van der Waals surface area (Å²) in [4.78, 5) is 7.22. The van der Waals surface area contributed by atoms with Crippen molar-refractivity contribution in [2.45, 2.75) is 25.8 Å². The summed E-state index contributed by atoms with van der Waals surface area (Å²) < 4.78 is 2.08. The zero-order valence-electron chi connectivity index (χ0n) is 10.7. The van der Waals surface area contributed by atoms with Gasteiger partial charge in [-0.2, -0.15) is 0 Å². The van der Waals surface area contributed by atoms with E-state index in [0.29, 0.717) is 6.54 Å². The summed E-state index contributed by atoms with van der Waals surface area (Å²) in [5.41, 5.74) is 9.03. The molecule has 1 aliphatic heterocycles. The van der Waals surface area contributed by atoms with Crippen LogP contribution in [0.4, 0.5) is 0 Å². The largest absolute Gasteiger partial charge is 0.326 e. The van der Waals surface area contributed by atoms with E-state index in [1.165, 1.54) is 31.6 Å². The first-order valence-electron chi connectivity index (χ1n) is 6.75. The van der Waals surface area contributed by atoms with Crippen molar-refractivity contribution >= 4 is 5.65 Å². The second-order valence-electron chi connectivity index (χ2n) is 5.00. The van der Waals surface area contributed by atoms with Gasteiger partial charge >= 0.3 is 0 Å². The van der Waals surface area contributed by atoms with Gasteiger partial charge in [0.2, 0.25) is 0 Å². The average Bonchev–Trinajstić information content (AvgIpc) is 3.04. The molecule has 1 aliphatic rings. The number of rotatable bonds is 4. The molecular formula is C14H20N4. The topological polar surface area (TPSA) is 46.6 Å². The van der Waals surface area contributed by atoms with E-state index >= 15 is 0 Å². The number of imidazole rings is 1. The summed E-state index contributed by atoms with van der Waals surface area (Å²) in [6, 6.07) is 4.08. The predicted molar refractivity (Wildman–Crippen MR) is 72.5 cm³/mol. The third kappa shape index (κ3) is 2.26. The zero-order valence-corrected chi connectivity index (χ0v) is 10.7. The van der Waals surface area contributed by atoms with Gasteiger partial charge in [-0.3, -0.25) is 0 Å². The van der Waals surface area contributed by atoms with Crippen molar-refractivity contribution in [3.8, 4) is 0 Å². The van der Waals surface area contributed by atoms with Crippen LogP contribution in [0.5, 0.6) is 0 Å². The molecule has 0 aliphatic carbocycles. The lowest BCUT2D eigenvalue weighted by atomic mass is 10.3.